The molecule has 2 aliphatic rings. The smallest absolute Gasteiger partial charge is 0.373 e. The van der Waals surface area contributed by atoms with Gasteiger partial charge in [-0.3, -0.25) is 4.52 Å². The molecule has 0 aromatic heterocycles. The van der Waals surface area contributed by atoms with E-state index in [2.05, 4.69) is 15.8 Å². The highest BCUT2D eigenvalue weighted by Gasteiger charge is 2.26. The van der Waals surface area contributed by atoms with E-state index in [0.29, 0.717) is 12.7 Å². The molecule has 94 valence electrons. The second-order valence-corrected chi connectivity index (χ2v) is 4.80. The molecule has 0 radical (unpaired) electrons. The number of ether oxygens (including phenoxy) is 2. The van der Waals surface area contributed by atoms with E-state index in [1.807, 2.05) is 6.08 Å². The third-order valence-corrected chi connectivity index (χ3v) is 2.41. The second kappa shape index (κ2) is 6.49. The molecule has 2 heterocycles. The van der Waals surface area contributed by atoms with E-state index in [1.54, 1.807) is 0 Å². The summed E-state index contributed by atoms with van der Waals surface area (Å²) in [6, 6.07) is 0. The number of hydrogen-bond acceptors (Lipinski definition) is 4. The van der Waals surface area contributed by atoms with E-state index in [9.17, 15) is 4.57 Å². The summed E-state index contributed by atoms with van der Waals surface area (Å²) in [5.41, 5.74) is 0. The maximum atomic E-state index is 9.98. The van der Waals surface area contributed by atoms with Gasteiger partial charge in [-0.2, -0.15) is 0 Å². The van der Waals surface area contributed by atoms with Gasteiger partial charge in [0.2, 0.25) is 0 Å². The van der Waals surface area contributed by atoms with Crippen LogP contribution in [0.3, 0.4) is 0 Å². The van der Waals surface area contributed by atoms with Crippen LogP contribution < -0.4 is 0 Å². The quantitative estimate of drug-likeness (QED) is 0.413. The van der Waals surface area contributed by atoms with Crippen LogP contribution in [0.1, 0.15) is 12.8 Å². The molecule has 0 aliphatic carbocycles. The summed E-state index contributed by atoms with van der Waals surface area (Å²) in [4.78, 5) is 16.3. The first-order chi connectivity index (χ1) is 7.51. The van der Waals surface area contributed by atoms with Crippen molar-refractivity contribution in [3.63, 3.8) is 0 Å². The summed E-state index contributed by atoms with van der Waals surface area (Å²) in [6.45, 7) is 5.12. The number of rotatable bonds is 6. The summed E-state index contributed by atoms with van der Waals surface area (Å²) in [5.74, 6) is 0. The zero-order valence-electron chi connectivity index (χ0n) is 8.95. The molecule has 0 amide bonds. The molecule has 2 aliphatic heterocycles. The highest BCUT2D eigenvalue weighted by atomic mass is 31.2. The number of allylic oxidation sites excluding steroid dienone is 1. The van der Waals surface area contributed by atoms with Crippen LogP contribution in [-0.2, 0) is 18.6 Å². The molecule has 2 atom stereocenters. The third-order valence-electron chi connectivity index (χ3n) is 1.93. The number of hydrogen-bond donors (Lipinski definition) is 2. The summed E-state index contributed by atoms with van der Waals surface area (Å²) in [6.07, 6.45) is 4.69. The van der Waals surface area contributed by atoms with E-state index < -0.39 is 7.82 Å². The molecule has 0 spiro atoms. The normalized spacial score (nSPS) is 26.6. The van der Waals surface area contributed by atoms with Crippen molar-refractivity contribution in [1.82, 2.24) is 0 Å². The first-order valence-corrected chi connectivity index (χ1v) is 6.58. The number of phosphoric ester groups is 1. The summed E-state index contributed by atoms with van der Waals surface area (Å²) in [7, 11) is -4.26. The van der Waals surface area contributed by atoms with Gasteiger partial charge in [-0.05, 0) is 12.8 Å². The Balaban J connectivity index is 0.000000165. The van der Waals surface area contributed by atoms with Gasteiger partial charge < -0.3 is 19.3 Å². The molecule has 2 fully saturated rings. The SMILES string of the molecule is C=CCCC1CO1.O=P(O)(O)OCC1CO1. The fourth-order valence-corrected chi connectivity index (χ4v) is 1.24. The average molecular weight is 252 g/mol. The fraction of sp³-hybridized carbons (Fsp3) is 0.778. The molecule has 6 nitrogen and oxygen atoms in total. The molecule has 2 rings (SSSR count). The molecular formula is C9H17O6P. The first kappa shape index (κ1) is 13.8. The van der Waals surface area contributed by atoms with Gasteiger partial charge in [-0.15, -0.1) is 6.58 Å². The standard InChI is InChI=1S/C6H10O.C3H7O5P/c1-2-3-4-6-5-7-6;4-9(5,6)8-2-3-1-7-3/h2,6H,1,3-5H2;3H,1-2H2,(H2,4,5,6). The van der Waals surface area contributed by atoms with Gasteiger partial charge in [0.25, 0.3) is 0 Å². The van der Waals surface area contributed by atoms with Crippen LogP contribution in [0, 0.1) is 0 Å². The van der Waals surface area contributed by atoms with Crippen molar-refractivity contribution >= 4 is 7.82 Å². The molecule has 0 aromatic carbocycles. The highest BCUT2D eigenvalue weighted by molar-refractivity contribution is 7.46. The van der Waals surface area contributed by atoms with Crippen LogP contribution in [0.4, 0.5) is 0 Å². The van der Waals surface area contributed by atoms with Gasteiger partial charge in [-0.25, -0.2) is 4.57 Å². The summed E-state index contributed by atoms with van der Waals surface area (Å²) < 4.78 is 23.7. The molecule has 7 heteroatoms. The Morgan fingerprint density at radius 1 is 1.38 bits per heavy atom. The van der Waals surface area contributed by atoms with E-state index in [-0.39, 0.29) is 12.7 Å². The average Bonchev–Trinajstić information content (AvgIpc) is 3.04. The Morgan fingerprint density at radius 3 is 2.31 bits per heavy atom. The molecule has 2 saturated heterocycles. The molecular weight excluding hydrogens is 235 g/mol. The number of phosphoric acid groups is 1. The fourth-order valence-electron chi connectivity index (χ4n) is 0.883. The van der Waals surface area contributed by atoms with Gasteiger partial charge in [0, 0.05) is 0 Å². The molecule has 16 heavy (non-hydrogen) atoms. The Labute approximate surface area is 94.4 Å². The molecule has 2 unspecified atom stereocenters. The van der Waals surface area contributed by atoms with Crippen LogP contribution in [-0.4, -0.2) is 41.8 Å². The Morgan fingerprint density at radius 2 is 1.94 bits per heavy atom. The van der Waals surface area contributed by atoms with Crippen molar-refractivity contribution in [3.05, 3.63) is 12.7 Å². The minimum atomic E-state index is -4.26. The summed E-state index contributed by atoms with van der Waals surface area (Å²) in [5, 5.41) is 0. The topological polar surface area (TPSA) is 91.8 Å². The summed E-state index contributed by atoms with van der Waals surface area (Å²) >= 11 is 0. The van der Waals surface area contributed by atoms with Crippen LogP contribution in [0.5, 0.6) is 0 Å². The second-order valence-electron chi connectivity index (χ2n) is 3.56. The van der Waals surface area contributed by atoms with Gasteiger partial charge in [0.1, 0.15) is 6.10 Å². The monoisotopic (exact) mass is 252 g/mol. The van der Waals surface area contributed by atoms with Crippen LogP contribution in [0.15, 0.2) is 12.7 Å². The zero-order chi connectivity index (χ0) is 12.0. The highest BCUT2D eigenvalue weighted by Crippen LogP contribution is 2.36. The predicted molar refractivity (Wildman–Crippen MR) is 56.9 cm³/mol. The van der Waals surface area contributed by atoms with Crippen LogP contribution in [0.25, 0.3) is 0 Å². The van der Waals surface area contributed by atoms with E-state index in [1.165, 1.54) is 6.42 Å². The zero-order valence-corrected chi connectivity index (χ0v) is 9.84. The lowest BCUT2D eigenvalue weighted by Crippen LogP contribution is -1.98. The largest absolute Gasteiger partial charge is 0.469 e. The Hall–Kier alpha value is -0.230. The lowest BCUT2D eigenvalue weighted by atomic mass is 10.2. The molecule has 0 bridgehead atoms. The molecule has 0 saturated carbocycles. The van der Waals surface area contributed by atoms with Gasteiger partial charge in [0.15, 0.2) is 0 Å². The van der Waals surface area contributed by atoms with Crippen molar-refractivity contribution in [2.45, 2.75) is 25.0 Å². The van der Waals surface area contributed by atoms with Crippen molar-refractivity contribution < 1.29 is 28.3 Å². The van der Waals surface area contributed by atoms with Crippen molar-refractivity contribution in [3.8, 4) is 0 Å². The van der Waals surface area contributed by atoms with Gasteiger partial charge in [-0.1, -0.05) is 6.08 Å². The van der Waals surface area contributed by atoms with Gasteiger partial charge >= 0.3 is 7.82 Å². The predicted octanol–water partition coefficient (Wildman–Crippen LogP) is 0.846. The maximum Gasteiger partial charge on any atom is 0.469 e. The lowest BCUT2D eigenvalue weighted by molar-refractivity contribution is 0.180. The van der Waals surface area contributed by atoms with E-state index in [0.717, 1.165) is 13.0 Å². The van der Waals surface area contributed by atoms with Crippen LogP contribution >= 0.6 is 7.82 Å². The number of epoxide rings is 2. The van der Waals surface area contributed by atoms with Gasteiger partial charge in [0.05, 0.1) is 25.9 Å². The van der Waals surface area contributed by atoms with E-state index in [4.69, 9.17) is 14.5 Å². The minimum absolute atomic E-state index is 0.00965. The third kappa shape index (κ3) is 9.03. The Bertz CT molecular complexity index is 255. The minimum Gasteiger partial charge on any atom is -0.373 e. The molecule has 2 N–H and O–H groups in total. The maximum absolute atomic E-state index is 9.98. The molecule has 0 aromatic rings. The first-order valence-electron chi connectivity index (χ1n) is 5.05. The van der Waals surface area contributed by atoms with E-state index >= 15 is 0 Å². The van der Waals surface area contributed by atoms with Crippen molar-refractivity contribution in [2.75, 3.05) is 19.8 Å². The lowest BCUT2D eigenvalue weighted by Gasteiger charge is -2.00. The Kier molecular flexibility index (Phi) is 5.61. The van der Waals surface area contributed by atoms with Crippen molar-refractivity contribution in [2.24, 2.45) is 0 Å². The van der Waals surface area contributed by atoms with Crippen LogP contribution in [0.2, 0.25) is 0 Å². The van der Waals surface area contributed by atoms with Crippen molar-refractivity contribution in [1.29, 1.82) is 0 Å².